The Labute approximate surface area is 148 Å². The van der Waals surface area contributed by atoms with E-state index in [2.05, 4.69) is 0 Å². The van der Waals surface area contributed by atoms with Crippen molar-refractivity contribution in [1.82, 2.24) is 9.80 Å². The van der Waals surface area contributed by atoms with Gasteiger partial charge in [-0.05, 0) is 30.7 Å². The number of hydrogen-bond acceptors (Lipinski definition) is 3. The highest BCUT2D eigenvalue weighted by atomic mass is 16.5. The summed E-state index contributed by atoms with van der Waals surface area (Å²) in [5, 5.41) is 9.15. The number of nitrogens with zero attached hydrogens (tertiary/aromatic N) is 2. The Kier molecular flexibility index (Phi) is 5.27. The van der Waals surface area contributed by atoms with Crippen LogP contribution in [-0.4, -0.2) is 59.3 Å². The number of ether oxygens (including phenoxy) is 1. The molecule has 1 spiro atoms. The van der Waals surface area contributed by atoms with E-state index in [9.17, 15) is 9.59 Å². The molecule has 2 aliphatic heterocycles. The topological polar surface area (TPSA) is 70.1 Å². The van der Waals surface area contributed by atoms with E-state index in [0.29, 0.717) is 26.3 Å². The standard InChI is InChI=1S/C19H26N2O4/c1-20(13-15-5-3-2-4-6-15)18(24)21-14-16(11-17(22)23)12-19(21)7-9-25-10-8-19/h2-6,16H,7-14H2,1H3,(H,22,23). The third-order valence-electron chi connectivity index (χ3n) is 5.39. The van der Waals surface area contributed by atoms with Crippen molar-refractivity contribution in [3.05, 3.63) is 35.9 Å². The smallest absolute Gasteiger partial charge is 0.320 e. The average Bonchev–Trinajstić information content (AvgIpc) is 2.92. The van der Waals surface area contributed by atoms with Gasteiger partial charge in [-0.2, -0.15) is 0 Å². The zero-order valence-electron chi connectivity index (χ0n) is 14.7. The number of aliphatic carboxylic acids is 1. The van der Waals surface area contributed by atoms with Crippen LogP contribution < -0.4 is 0 Å². The third kappa shape index (κ3) is 3.95. The molecule has 6 heteroatoms. The van der Waals surface area contributed by atoms with Gasteiger partial charge in [0.1, 0.15) is 0 Å². The van der Waals surface area contributed by atoms with Gasteiger partial charge in [0, 0.05) is 45.3 Å². The quantitative estimate of drug-likeness (QED) is 0.910. The van der Waals surface area contributed by atoms with Crippen LogP contribution >= 0.6 is 0 Å². The van der Waals surface area contributed by atoms with Gasteiger partial charge >= 0.3 is 12.0 Å². The molecule has 1 aromatic carbocycles. The normalized spacial score (nSPS) is 22.1. The van der Waals surface area contributed by atoms with Crippen molar-refractivity contribution in [3.8, 4) is 0 Å². The van der Waals surface area contributed by atoms with E-state index in [0.717, 1.165) is 24.8 Å². The number of amides is 2. The first kappa shape index (κ1) is 17.7. The molecule has 2 fully saturated rings. The second-order valence-electron chi connectivity index (χ2n) is 7.24. The van der Waals surface area contributed by atoms with Crippen LogP contribution in [0.4, 0.5) is 4.79 Å². The van der Waals surface area contributed by atoms with Gasteiger partial charge in [-0.1, -0.05) is 30.3 Å². The fourth-order valence-electron chi connectivity index (χ4n) is 4.18. The Morgan fingerprint density at radius 2 is 1.96 bits per heavy atom. The van der Waals surface area contributed by atoms with Crippen molar-refractivity contribution in [1.29, 1.82) is 0 Å². The zero-order valence-corrected chi connectivity index (χ0v) is 14.7. The maximum absolute atomic E-state index is 13.1. The van der Waals surface area contributed by atoms with Gasteiger partial charge in [0.05, 0.1) is 0 Å². The molecular formula is C19H26N2O4. The predicted octanol–water partition coefficient (Wildman–Crippen LogP) is 2.58. The molecule has 1 aromatic rings. The highest BCUT2D eigenvalue weighted by Crippen LogP contribution is 2.42. The Bertz CT molecular complexity index is 613. The first-order valence-electron chi connectivity index (χ1n) is 8.86. The average molecular weight is 346 g/mol. The molecule has 1 N–H and O–H groups in total. The van der Waals surface area contributed by atoms with Gasteiger partial charge in [0.25, 0.3) is 0 Å². The number of carboxylic acids is 1. The van der Waals surface area contributed by atoms with E-state index in [1.165, 1.54) is 0 Å². The lowest BCUT2D eigenvalue weighted by atomic mass is 9.84. The van der Waals surface area contributed by atoms with Crippen LogP contribution in [0.25, 0.3) is 0 Å². The molecule has 3 rings (SSSR count). The van der Waals surface area contributed by atoms with Gasteiger partial charge < -0.3 is 19.6 Å². The summed E-state index contributed by atoms with van der Waals surface area (Å²) in [6, 6.07) is 9.88. The van der Waals surface area contributed by atoms with Gasteiger partial charge in [0.15, 0.2) is 0 Å². The number of urea groups is 1. The van der Waals surface area contributed by atoms with E-state index in [4.69, 9.17) is 9.84 Å². The first-order chi connectivity index (χ1) is 12.0. The molecule has 0 aromatic heterocycles. The molecule has 0 saturated carbocycles. The largest absolute Gasteiger partial charge is 0.481 e. The lowest BCUT2D eigenvalue weighted by molar-refractivity contribution is -0.138. The molecule has 0 radical (unpaired) electrons. The number of carboxylic acid groups (broad SMARTS) is 1. The van der Waals surface area contributed by atoms with Gasteiger partial charge in [-0.25, -0.2) is 4.79 Å². The van der Waals surface area contributed by atoms with E-state index in [1.807, 2.05) is 42.3 Å². The van der Waals surface area contributed by atoms with Crippen LogP contribution in [-0.2, 0) is 16.1 Å². The van der Waals surface area contributed by atoms with Crippen LogP contribution in [0.5, 0.6) is 0 Å². The Hall–Kier alpha value is -2.08. The first-order valence-corrected chi connectivity index (χ1v) is 8.86. The van der Waals surface area contributed by atoms with Gasteiger partial charge in [0.2, 0.25) is 0 Å². The number of carbonyl (C=O) groups excluding carboxylic acids is 1. The molecule has 2 amide bonds. The summed E-state index contributed by atoms with van der Waals surface area (Å²) in [5.41, 5.74) is 0.834. The molecule has 2 heterocycles. The second kappa shape index (κ2) is 7.44. The Morgan fingerprint density at radius 3 is 2.60 bits per heavy atom. The molecule has 2 aliphatic rings. The minimum Gasteiger partial charge on any atom is -0.481 e. The minimum atomic E-state index is -0.792. The number of hydrogen-bond donors (Lipinski definition) is 1. The fraction of sp³-hybridized carbons (Fsp3) is 0.579. The number of rotatable bonds is 4. The molecule has 0 bridgehead atoms. The van der Waals surface area contributed by atoms with E-state index in [-0.39, 0.29) is 23.9 Å². The predicted molar refractivity (Wildman–Crippen MR) is 93.2 cm³/mol. The van der Waals surface area contributed by atoms with Crippen LogP contribution in [0.2, 0.25) is 0 Å². The molecule has 25 heavy (non-hydrogen) atoms. The van der Waals surface area contributed by atoms with Crippen LogP contribution in [0.3, 0.4) is 0 Å². The van der Waals surface area contributed by atoms with Crippen molar-refractivity contribution < 1.29 is 19.4 Å². The number of likely N-dealkylation sites (tertiary alicyclic amines) is 1. The maximum atomic E-state index is 13.1. The summed E-state index contributed by atoms with van der Waals surface area (Å²) in [7, 11) is 1.81. The lowest BCUT2D eigenvalue weighted by Gasteiger charge is -2.42. The molecule has 1 unspecified atom stereocenters. The molecule has 6 nitrogen and oxygen atoms in total. The van der Waals surface area contributed by atoms with Gasteiger partial charge in [-0.3, -0.25) is 4.79 Å². The fourth-order valence-corrected chi connectivity index (χ4v) is 4.18. The summed E-state index contributed by atoms with van der Waals surface area (Å²) in [6.45, 7) is 2.33. The maximum Gasteiger partial charge on any atom is 0.320 e. The van der Waals surface area contributed by atoms with Crippen molar-refractivity contribution >= 4 is 12.0 Å². The van der Waals surface area contributed by atoms with E-state index >= 15 is 0 Å². The Morgan fingerprint density at radius 1 is 1.28 bits per heavy atom. The number of benzene rings is 1. The van der Waals surface area contributed by atoms with Crippen molar-refractivity contribution in [2.45, 2.75) is 37.8 Å². The van der Waals surface area contributed by atoms with Crippen LogP contribution in [0.1, 0.15) is 31.2 Å². The summed E-state index contributed by atoms with van der Waals surface area (Å²) in [5.74, 6) is -0.774. The highest BCUT2D eigenvalue weighted by Gasteiger charge is 2.49. The molecule has 1 atom stereocenters. The number of carbonyl (C=O) groups is 2. The van der Waals surface area contributed by atoms with Crippen molar-refractivity contribution in [2.24, 2.45) is 5.92 Å². The monoisotopic (exact) mass is 346 g/mol. The summed E-state index contributed by atoms with van der Waals surface area (Å²) >= 11 is 0. The lowest BCUT2D eigenvalue weighted by Crippen LogP contribution is -2.54. The Balaban J connectivity index is 1.74. The molecule has 0 aliphatic carbocycles. The molecule has 2 saturated heterocycles. The zero-order chi connectivity index (χ0) is 17.9. The summed E-state index contributed by atoms with van der Waals surface area (Å²) < 4.78 is 5.49. The summed E-state index contributed by atoms with van der Waals surface area (Å²) in [4.78, 5) is 27.9. The third-order valence-corrected chi connectivity index (χ3v) is 5.39. The molecule has 136 valence electrons. The summed E-state index contributed by atoms with van der Waals surface area (Å²) in [6.07, 6.45) is 2.45. The van der Waals surface area contributed by atoms with Crippen LogP contribution in [0.15, 0.2) is 30.3 Å². The van der Waals surface area contributed by atoms with Crippen LogP contribution in [0, 0.1) is 5.92 Å². The highest BCUT2D eigenvalue weighted by molar-refractivity contribution is 5.76. The second-order valence-corrected chi connectivity index (χ2v) is 7.24. The SMILES string of the molecule is CN(Cc1ccccc1)C(=O)N1CC(CC(=O)O)CC12CCOCC2. The van der Waals surface area contributed by atoms with Gasteiger partial charge in [-0.15, -0.1) is 0 Å². The van der Waals surface area contributed by atoms with E-state index in [1.54, 1.807) is 4.90 Å². The van der Waals surface area contributed by atoms with Crippen molar-refractivity contribution in [2.75, 3.05) is 26.8 Å². The van der Waals surface area contributed by atoms with E-state index < -0.39 is 5.97 Å². The minimum absolute atomic E-state index is 0.0151. The van der Waals surface area contributed by atoms with Crippen molar-refractivity contribution in [3.63, 3.8) is 0 Å². The molecular weight excluding hydrogens is 320 g/mol.